The Morgan fingerprint density at radius 1 is 0.762 bits per heavy atom. The normalized spacial score (nSPS) is 15.6. The van der Waals surface area contributed by atoms with Gasteiger partial charge in [0.15, 0.2) is 0 Å². The van der Waals surface area contributed by atoms with E-state index in [-0.39, 0.29) is 5.91 Å². The molecule has 1 fully saturated rings. The molecule has 0 aliphatic carbocycles. The lowest BCUT2D eigenvalue weighted by Gasteiger charge is -2.37. The highest BCUT2D eigenvalue weighted by atomic mass is 16.5. The molecule has 0 radical (unpaired) electrons. The summed E-state index contributed by atoms with van der Waals surface area (Å²) in [5.74, 6) is 1.41. The van der Waals surface area contributed by atoms with Gasteiger partial charge in [-0.05, 0) is 72.8 Å². The number of carbonyl (C=O) groups excluding carboxylic acids is 1. The van der Waals surface area contributed by atoms with Gasteiger partial charge in [0, 0.05) is 56.4 Å². The lowest BCUT2D eigenvalue weighted by molar-refractivity contribution is 0.0727. The van der Waals surface area contributed by atoms with Crippen LogP contribution in [0.25, 0.3) is 0 Å². The van der Waals surface area contributed by atoms with Crippen LogP contribution in [-0.2, 0) is 13.0 Å². The number of fused-ring (bicyclic) bond motifs is 1. The first-order chi connectivity index (χ1) is 20.7. The van der Waals surface area contributed by atoms with Crippen LogP contribution in [-0.4, -0.2) is 61.6 Å². The summed E-state index contributed by atoms with van der Waals surface area (Å²) in [5, 5.41) is 0. The Morgan fingerprint density at radius 2 is 1.43 bits per heavy atom. The number of ether oxygens (including phenoxy) is 1. The minimum absolute atomic E-state index is 0.137. The summed E-state index contributed by atoms with van der Waals surface area (Å²) in [5.41, 5.74) is 7.09. The van der Waals surface area contributed by atoms with Crippen LogP contribution in [0.1, 0.15) is 51.9 Å². The summed E-state index contributed by atoms with van der Waals surface area (Å²) >= 11 is 0. The van der Waals surface area contributed by atoms with Gasteiger partial charge in [0.05, 0.1) is 6.61 Å². The molecule has 0 spiro atoms. The molecule has 0 aromatic heterocycles. The fraction of sp³-hybridized carbons (Fsp3) is 0.324. The molecule has 0 saturated carbocycles. The lowest BCUT2D eigenvalue weighted by Crippen LogP contribution is -2.47. The molecule has 2 aliphatic heterocycles. The molecule has 5 nitrogen and oxygen atoms in total. The van der Waals surface area contributed by atoms with Crippen LogP contribution in [0.2, 0.25) is 0 Å². The van der Waals surface area contributed by atoms with E-state index in [1.54, 1.807) is 0 Å². The summed E-state index contributed by atoms with van der Waals surface area (Å²) in [6, 6.07) is 36.4. The van der Waals surface area contributed by atoms with Gasteiger partial charge in [0.1, 0.15) is 5.75 Å². The zero-order chi connectivity index (χ0) is 28.7. The average Bonchev–Trinajstić information content (AvgIpc) is 3.05. The molecule has 2 aliphatic rings. The van der Waals surface area contributed by atoms with Crippen LogP contribution in [0.4, 0.5) is 5.69 Å². The summed E-state index contributed by atoms with van der Waals surface area (Å²) in [7, 11) is 0. The number of rotatable bonds is 10. The molecule has 1 saturated heterocycles. The Balaban J connectivity index is 1.06. The topological polar surface area (TPSA) is 36.0 Å². The number of amides is 1. The summed E-state index contributed by atoms with van der Waals surface area (Å²) in [6.07, 6.45) is 2.00. The van der Waals surface area contributed by atoms with Crippen molar-refractivity contribution in [1.82, 2.24) is 9.80 Å². The highest BCUT2D eigenvalue weighted by Crippen LogP contribution is 2.30. The summed E-state index contributed by atoms with van der Waals surface area (Å²) in [4.78, 5) is 20.6. The molecule has 0 unspecified atom stereocenters. The number of anilines is 1. The Labute approximate surface area is 250 Å². The van der Waals surface area contributed by atoms with Crippen molar-refractivity contribution in [1.29, 1.82) is 0 Å². The fourth-order valence-electron chi connectivity index (χ4n) is 6.37. The van der Waals surface area contributed by atoms with E-state index in [2.05, 4.69) is 101 Å². The minimum Gasteiger partial charge on any atom is -0.494 e. The molecule has 4 aromatic rings. The third-order valence-electron chi connectivity index (χ3n) is 8.75. The van der Waals surface area contributed by atoms with E-state index >= 15 is 0 Å². The van der Waals surface area contributed by atoms with Crippen LogP contribution in [0, 0.1) is 0 Å². The second-order valence-electron chi connectivity index (χ2n) is 11.4. The molecular weight excluding hydrogens is 518 g/mol. The molecule has 42 heavy (non-hydrogen) atoms. The monoisotopic (exact) mass is 559 g/mol. The van der Waals surface area contributed by atoms with Gasteiger partial charge in [0.2, 0.25) is 0 Å². The molecule has 4 aromatic carbocycles. The van der Waals surface area contributed by atoms with E-state index in [1.807, 2.05) is 24.0 Å². The van der Waals surface area contributed by atoms with Crippen LogP contribution >= 0.6 is 0 Å². The number of hydrogen-bond donors (Lipinski definition) is 0. The average molecular weight is 560 g/mol. The zero-order valence-corrected chi connectivity index (χ0v) is 24.6. The number of carbonyl (C=O) groups is 1. The van der Waals surface area contributed by atoms with Gasteiger partial charge in [-0.3, -0.25) is 9.69 Å². The van der Waals surface area contributed by atoms with E-state index in [0.717, 1.165) is 80.2 Å². The second kappa shape index (κ2) is 13.3. The Bertz CT molecular complexity index is 1410. The third kappa shape index (κ3) is 6.52. The quantitative estimate of drug-likeness (QED) is 0.219. The van der Waals surface area contributed by atoms with Crippen molar-refractivity contribution in [3.63, 3.8) is 0 Å². The number of benzene rings is 4. The maximum atomic E-state index is 13.5. The number of piperazine rings is 1. The van der Waals surface area contributed by atoms with Gasteiger partial charge in [-0.2, -0.15) is 0 Å². The molecule has 0 N–H and O–H groups in total. The van der Waals surface area contributed by atoms with E-state index < -0.39 is 0 Å². The lowest BCUT2D eigenvalue weighted by atomic mass is 9.88. The van der Waals surface area contributed by atoms with Crippen molar-refractivity contribution in [2.24, 2.45) is 0 Å². The van der Waals surface area contributed by atoms with Crippen molar-refractivity contribution in [3.8, 4) is 5.75 Å². The Hall–Kier alpha value is -4.09. The first-order valence-corrected chi connectivity index (χ1v) is 15.4. The van der Waals surface area contributed by atoms with E-state index in [1.165, 1.54) is 11.1 Å². The zero-order valence-electron chi connectivity index (χ0n) is 24.6. The van der Waals surface area contributed by atoms with Crippen molar-refractivity contribution < 1.29 is 9.53 Å². The first kappa shape index (κ1) is 28.0. The molecule has 0 atom stereocenters. The predicted molar refractivity (Wildman–Crippen MR) is 170 cm³/mol. The van der Waals surface area contributed by atoms with Gasteiger partial charge in [-0.1, -0.05) is 78.9 Å². The van der Waals surface area contributed by atoms with Gasteiger partial charge < -0.3 is 14.5 Å². The molecule has 2 heterocycles. The fourth-order valence-corrected chi connectivity index (χ4v) is 6.37. The van der Waals surface area contributed by atoms with Crippen LogP contribution in [0.5, 0.6) is 5.75 Å². The van der Waals surface area contributed by atoms with Crippen molar-refractivity contribution in [2.75, 3.05) is 50.8 Å². The molecule has 0 bridgehead atoms. The maximum absolute atomic E-state index is 13.5. The molecule has 5 heteroatoms. The minimum atomic E-state index is 0.137. The van der Waals surface area contributed by atoms with E-state index in [0.29, 0.717) is 19.1 Å². The van der Waals surface area contributed by atoms with Crippen LogP contribution in [0.3, 0.4) is 0 Å². The first-order valence-electron chi connectivity index (χ1n) is 15.4. The Morgan fingerprint density at radius 3 is 2.07 bits per heavy atom. The predicted octanol–water partition coefficient (Wildman–Crippen LogP) is 6.63. The molecule has 216 valence electrons. The highest BCUT2D eigenvalue weighted by Gasteiger charge is 2.26. The van der Waals surface area contributed by atoms with Crippen molar-refractivity contribution in [3.05, 3.63) is 131 Å². The smallest absolute Gasteiger partial charge is 0.254 e. The van der Waals surface area contributed by atoms with Crippen molar-refractivity contribution in [2.45, 2.75) is 32.2 Å². The van der Waals surface area contributed by atoms with Gasteiger partial charge in [-0.25, -0.2) is 0 Å². The van der Waals surface area contributed by atoms with Crippen LogP contribution < -0.4 is 9.64 Å². The maximum Gasteiger partial charge on any atom is 0.254 e. The largest absolute Gasteiger partial charge is 0.494 e. The van der Waals surface area contributed by atoms with Gasteiger partial charge in [-0.15, -0.1) is 0 Å². The second-order valence-corrected chi connectivity index (χ2v) is 11.4. The SMILES string of the molecule is CCOc1ccc(CN2CCc3ccc(N4CCN(CCC(c5ccccc5)c5ccccc5)CC4)cc3C2=O)cc1. The van der Waals surface area contributed by atoms with E-state index in [4.69, 9.17) is 4.74 Å². The summed E-state index contributed by atoms with van der Waals surface area (Å²) < 4.78 is 5.57. The summed E-state index contributed by atoms with van der Waals surface area (Å²) in [6.45, 7) is 9.11. The highest BCUT2D eigenvalue weighted by molar-refractivity contribution is 5.97. The molecular formula is C37H41N3O2. The van der Waals surface area contributed by atoms with E-state index in [9.17, 15) is 4.79 Å². The Kier molecular flexibility index (Phi) is 8.86. The van der Waals surface area contributed by atoms with Crippen molar-refractivity contribution >= 4 is 11.6 Å². The molecule has 1 amide bonds. The standard InChI is InChI=1S/C37H41N3O2/c1-2-42-34-17-13-29(14-18-34)28-40-22-19-32-15-16-33(27-36(32)37(40)41)39-25-23-38(24-26-39)21-20-35(30-9-5-3-6-10-30)31-11-7-4-8-12-31/h3-18,27,35H,2,19-26,28H2,1H3. The van der Waals surface area contributed by atoms with Gasteiger partial charge >= 0.3 is 0 Å². The van der Waals surface area contributed by atoms with Crippen LogP contribution in [0.15, 0.2) is 103 Å². The number of nitrogens with zero attached hydrogens (tertiary/aromatic N) is 3. The number of hydrogen-bond acceptors (Lipinski definition) is 4. The molecule has 6 rings (SSSR count). The van der Waals surface area contributed by atoms with Gasteiger partial charge in [0.25, 0.3) is 5.91 Å². The third-order valence-corrected chi connectivity index (χ3v) is 8.75.